The van der Waals surface area contributed by atoms with Crippen molar-refractivity contribution in [3.05, 3.63) is 56.7 Å². The van der Waals surface area contributed by atoms with Crippen LogP contribution in [0, 0.1) is 5.92 Å². The zero-order valence-electron chi connectivity index (χ0n) is 15.3. The van der Waals surface area contributed by atoms with Crippen LogP contribution >= 0.6 is 11.3 Å². The van der Waals surface area contributed by atoms with Crippen LogP contribution < -0.4 is 10.9 Å². The number of nitrogens with one attached hydrogen (secondary N) is 1. The normalized spacial score (nSPS) is 16.3. The van der Waals surface area contributed by atoms with Gasteiger partial charge in [0.1, 0.15) is 6.54 Å². The van der Waals surface area contributed by atoms with Gasteiger partial charge in [-0.05, 0) is 42.7 Å². The summed E-state index contributed by atoms with van der Waals surface area (Å²) in [7, 11) is 0. The van der Waals surface area contributed by atoms with Gasteiger partial charge in [0, 0.05) is 11.4 Å². The molecule has 1 atom stereocenters. The van der Waals surface area contributed by atoms with Crippen molar-refractivity contribution in [1.29, 1.82) is 0 Å². The van der Waals surface area contributed by atoms with E-state index in [4.69, 9.17) is 0 Å². The molecule has 0 saturated carbocycles. The quantitative estimate of drug-likeness (QED) is 0.735. The fourth-order valence-corrected chi connectivity index (χ4v) is 4.90. The fourth-order valence-electron chi connectivity index (χ4n) is 3.58. The molecule has 6 nitrogen and oxygen atoms in total. The fraction of sp³-hybridized carbons (Fsp3) is 0.400. The minimum absolute atomic E-state index is 0.0996. The highest BCUT2D eigenvalue weighted by Crippen LogP contribution is 2.35. The van der Waals surface area contributed by atoms with E-state index in [0.717, 1.165) is 36.8 Å². The van der Waals surface area contributed by atoms with Crippen LogP contribution in [0.4, 0.5) is 0 Å². The molecule has 140 valence electrons. The molecule has 1 amide bonds. The van der Waals surface area contributed by atoms with Gasteiger partial charge in [0.25, 0.3) is 5.56 Å². The van der Waals surface area contributed by atoms with Gasteiger partial charge in [0.2, 0.25) is 5.91 Å². The Morgan fingerprint density at radius 3 is 2.96 bits per heavy atom. The van der Waals surface area contributed by atoms with E-state index in [1.807, 2.05) is 30.3 Å². The first-order valence-electron chi connectivity index (χ1n) is 9.30. The van der Waals surface area contributed by atoms with Crippen LogP contribution in [0.15, 0.2) is 35.1 Å². The van der Waals surface area contributed by atoms with E-state index in [9.17, 15) is 9.59 Å². The maximum atomic E-state index is 12.9. The molecule has 1 aliphatic rings. The summed E-state index contributed by atoms with van der Waals surface area (Å²) in [6, 6.07) is 9.97. The summed E-state index contributed by atoms with van der Waals surface area (Å²) in [5.74, 6) is 0.413. The minimum Gasteiger partial charge on any atom is -0.354 e. The van der Waals surface area contributed by atoms with E-state index in [0.29, 0.717) is 22.7 Å². The van der Waals surface area contributed by atoms with Crippen LogP contribution in [0.5, 0.6) is 0 Å². The van der Waals surface area contributed by atoms with Crippen molar-refractivity contribution in [3.8, 4) is 0 Å². The van der Waals surface area contributed by atoms with Crippen LogP contribution in [-0.2, 0) is 30.6 Å². The van der Waals surface area contributed by atoms with E-state index < -0.39 is 0 Å². The Hall–Kier alpha value is -2.54. The number of hydrogen-bond acceptors (Lipinski definition) is 5. The summed E-state index contributed by atoms with van der Waals surface area (Å²) >= 11 is 1.57. The maximum Gasteiger partial charge on any atom is 0.279 e. The van der Waals surface area contributed by atoms with Gasteiger partial charge in [-0.1, -0.05) is 42.5 Å². The molecule has 27 heavy (non-hydrogen) atoms. The number of aryl methyl sites for hydroxylation is 1. The molecule has 0 unspecified atom stereocenters. The highest BCUT2D eigenvalue weighted by atomic mass is 32.1. The average molecular weight is 382 g/mol. The first kappa shape index (κ1) is 17.9. The van der Waals surface area contributed by atoms with Gasteiger partial charge >= 0.3 is 0 Å². The molecule has 0 saturated heterocycles. The Labute approximate surface area is 161 Å². The number of fused-ring (bicyclic) bond motifs is 3. The van der Waals surface area contributed by atoms with Crippen molar-refractivity contribution < 1.29 is 4.79 Å². The molecule has 2 heterocycles. The molecular weight excluding hydrogens is 360 g/mol. The minimum atomic E-state index is -0.223. The van der Waals surface area contributed by atoms with Crippen molar-refractivity contribution in [3.63, 3.8) is 0 Å². The number of carbonyl (C=O) groups is 1. The number of amides is 1. The van der Waals surface area contributed by atoms with Gasteiger partial charge in [-0.15, -0.1) is 16.4 Å². The Morgan fingerprint density at radius 2 is 2.15 bits per heavy atom. The van der Waals surface area contributed by atoms with Crippen LogP contribution in [0.1, 0.15) is 29.3 Å². The van der Waals surface area contributed by atoms with Crippen LogP contribution in [0.2, 0.25) is 0 Å². The molecule has 4 rings (SSSR count). The third kappa shape index (κ3) is 3.78. The zero-order valence-corrected chi connectivity index (χ0v) is 16.1. The van der Waals surface area contributed by atoms with Gasteiger partial charge < -0.3 is 5.32 Å². The Balaban J connectivity index is 1.46. The highest BCUT2D eigenvalue weighted by molar-refractivity contribution is 7.18. The van der Waals surface area contributed by atoms with Gasteiger partial charge in [-0.3, -0.25) is 9.59 Å². The molecule has 1 aliphatic carbocycles. The molecule has 0 fully saturated rings. The van der Waals surface area contributed by atoms with Crippen molar-refractivity contribution in [1.82, 2.24) is 20.3 Å². The number of thiophene rings is 1. The predicted octanol–water partition coefficient (Wildman–Crippen LogP) is 2.34. The number of benzene rings is 1. The van der Waals surface area contributed by atoms with E-state index in [1.165, 1.54) is 9.56 Å². The van der Waals surface area contributed by atoms with Gasteiger partial charge in [0.05, 0.1) is 5.39 Å². The van der Waals surface area contributed by atoms with Crippen molar-refractivity contribution in [2.45, 2.75) is 39.2 Å². The maximum absolute atomic E-state index is 12.9. The lowest BCUT2D eigenvalue weighted by atomic mass is 9.89. The van der Waals surface area contributed by atoms with Crippen LogP contribution in [-0.4, -0.2) is 27.4 Å². The number of hydrogen-bond donors (Lipinski definition) is 1. The first-order valence-corrected chi connectivity index (χ1v) is 10.1. The lowest BCUT2D eigenvalue weighted by molar-refractivity contribution is -0.121. The topological polar surface area (TPSA) is 76.9 Å². The number of carbonyl (C=O) groups excluding carboxylic acids is 1. The van der Waals surface area contributed by atoms with Crippen molar-refractivity contribution in [2.24, 2.45) is 5.92 Å². The molecule has 1 N–H and O–H groups in total. The van der Waals surface area contributed by atoms with Gasteiger partial charge in [-0.25, -0.2) is 4.68 Å². The first-order chi connectivity index (χ1) is 13.1. The molecule has 0 aliphatic heterocycles. The molecule has 0 bridgehead atoms. The average Bonchev–Trinajstić information content (AvgIpc) is 3.03. The highest BCUT2D eigenvalue weighted by Gasteiger charge is 2.24. The predicted molar refractivity (Wildman–Crippen MR) is 106 cm³/mol. The van der Waals surface area contributed by atoms with Gasteiger partial charge in [0.15, 0.2) is 4.83 Å². The standard InChI is InChI=1S/C20H22N4O2S/c1-13-7-8-15-16(11-13)27-19-18(15)20(26)24(23-22-19)12-17(25)21-10-9-14-5-3-2-4-6-14/h2-6,13H,7-12H2,1H3,(H,21,25)/t13-/m1/s1. The molecule has 0 radical (unpaired) electrons. The molecule has 2 aromatic heterocycles. The largest absolute Gasteiger partial charge is 0.354 e. The second-order valence-electron chi connectivity index (χ2n) is 7.17. The summed E-state index contributed by atoms with van der Waals surface area (Å²) in [5, 5.41) is 11.7. The number of aromatic nitrogens is 3. The molecular formula is C20H22N4O2S. The van der Waals surface area contributed by atoms with Gasteiger partial charge in [-0.2, -0.15) is 0 Å². The smallest absolute Gasteiger partial charge is 0.279 e. The second-order valence-corrected chi connectivity index (χ2v) is 8.25. The van der Waals surface area contributed by atoms with E-state index in [-0.39, 0.29) is 18.0 Å². The van der Waals surface area contributed by atoms with Crippen molar-refractivity contribution in [2.75, 3.05) is 6.54 Å². The summed E-state index contributed by atoms with van der Waals surface area (Å²) < 4.78 is 1.19. The molecule has 7 heteroatoms. The monoisotopic (exact) mass is 382 g/mol. The van der Waals surface area contributed by atoms with Crippen molar-refractivity contribution >= 4 is 27.5 Å². The second kappa shape index (κ2) is 7.60. The Kier molecular flexibility index (Phi) is 5.03. The third-order valence-corrected chi connectivity index (χ3v) is 6.20. The van der Waals surface area contributed by atoms with E-state index in [2.05, 4.69) is 22.6 Å². The Bertz CT molecular complexity index is 1030. The number of rotatable bonds is 5. The third-order valence-electron chi connectivity index (χ3n) is 5.06. The zero-order chi connectivity index (χ0) is 18.8. The van der Waals surface area contributed by atoms with Crippen LogP contribution in [0.3, 0.4) is 0 Å². The summed E-state index contributed by atoms with van der Waals surface area (Å²) in [5.41, 5.74) is 2.08. The molecule has 0 spiro atoms. The molecule has 1 aromatic carbocycles. The van der Waals surface area contributed by atoms with E-state index >= 15 is 0 Å². The van der Waals surface area contributed by atoms with Crippen LogP contribution in [0.25, 0.3) is 10.2 Å². The molecule has 3 aromatic rings. The van der Waals surface area contributed by atoms with E-state index in [1.54, 1.807) is 11.3 Å². The lowest BCUT2D eigenvalue weighted by Crippen LogP contribution is -2.35. The summed E-state index contributed by atoms with van der Waals surface area (Å²) in [6.45, 7) is 2.66. The SMILES string of the molecule is C[C@@H]1CCc2c(sc3nnn(CC(=O)NCCc4ccccc4)c(=O)c23)C1. The Morgan fingerprint density at radius 1 is 1.33 bits per heavy atom. The number of nitrogens with zero attached hydrogens (tertiary/aromatic N) is 3. The summed E-state index contributed by atoms with van der Waals surface area (Å²) in [6.07, 6.45) is 3.74. The lowest BCUT2D eigenvalue weighted by Gasteiger charge is -2.17. The summed E-state index contributed by atoms with van der Waals surface area (Å²) in [4.78, 5) is 27.0.